The van der Waals surface area contributed by atoms with Crippen LogP contribution in [0.25, 0.3) is 0 Å². The van der Waals surface area contributed by atoms with Gasteiger partial charge in [-0.25, -0.2) is 0 Å². The summed E-state index contributed by atoms with van der Waals surface area (Å²) < 4.78 is 5.14. The van der Waals surface area contributed by atoms with Crippen molar-refractivity contribution in [1.82, 2.24) is 10.1 Å². The molecule has 2 rings (SSSR count). The Balaban J connectivity index is 1.94. The average Bonchev–Trinajstić information content (AvgIpc) is 2.94. The maximum Gasteiger partial charge on any atom is 0.243 e. The van der Waals surface area contributed by atoms with Gasteiger partial charge in [-0.05, 0) is 25.2 Å². The van der Waals surface area contributed by atoms with E-state index in [1.165, 1.54) is 12.8 Å². The summed E-state index contributed by atoms with van der Waals surface area (Å²) in [6.07, 6.45) is 5.56. The van der Waals surface area contributed by atoms with Crippen molar-refractivity contribution in [1.29, 1.82) is 0 Å². The fraction of sp³-hybridized carbons (Fsp3) is 0.800. The highest BCUT2D eigenvalue weighted by atomic mass is 16.5. The van der Waals surface area contributed by atoms with Gasteiger partial charge in [-0.2, -0.15) is 4.98 Å². The normalized spacial score (nSPS) is 18.4. The van der Waals surface area contributed by atoms with Crippen molar-refractivity contribution in [2.45, 2.75) is 45.1 Å². The molecule has 4 heteroatoms. The van der Waals surface area contributed by atoms with Gasteiger partial charge in [0.1, 0.15) is 0 Å². The van der Waals surface area contributed by atoms with E-state index in [1.54, 1.807) is 0 Å². The van der Waals surface area contributed by atoms with Crippen LogP contribution in [0.2, 0.25) is 0 Å². The molecule has 0 amide bonds. The minimum Gasteiger partial charge on any atom is -0.338 e. The molecule has 1 unspecified atom stereocenters. The zero-order valence-electron chi connectivity index (χ0n) is 8.57. The standard InChI is InChI=1S/C10H17N3O/c1-2-3-4-8-12-10(14-13-8)9(11)7-5-6-7/h7,9H,2-6,11H2,1H3. The van der Waals surface area contributed by atoms with Gasteiger partial charge in [0.15, 0.2) is 5.82 Å². The third kappa shape index (κ3) is 2.12. The van der Waals surface area contributed by atoms with Crippen LogP contribution in [0.5, 0.6) is 0 Å². The third-order valence-corrected chi connectivity index (χ3v) is 2.65. The Bertz CT molecular complexity index is 293. The summed E-state index contributed by atoms with van der Waals surface area (Å²) in [4.78, 5) is 4.31. The van der Waals surface area contributed by atoms with Gasteiger partial charge in [-0.15, -0.1) is 0 Å². The van der Waals surface area contributed by atoms with Gasteiger partial charge in [0.05, 0.1) is 6.04 Å². The van der Waals surface area contributed by atoms with E-state index in [9.17, 15) is 0 Å². The fourth-order valence-electron chi connectivity index (χ4n) is 1.50. The summed E-state index contributed by atoms with van der Waals surface area (Å²) in [5.41, 5.74) is 5.95. The molecule has 4 nitrogen and oxygen atoms in total. The van der Waals surface area contributed by atoms with Crippen LogP contribution in [0.15, 0.2) is 4.52 Å². The molecule has 1 aliphatic carbocycles. The topological polar surface area (TPSA) is 64.9 Å². The van der Waals surface area contributed by atoms with Gasteiger partial charge in [0.2, 0.25) is 5.89 Å². The molecule has 1 aliphatic rings. The molecular formula is C10H17N3O. The number of hydrogen-bond acceptors (Lipinski definition) is 4. The molecule has 0 saturated heterocycles. The van der Waals surface area contributed by atoms with E-state index < -0.39 is 0 Å². The Morgan fingerprint density at radius 1 is 1.57 bits per heavy atom. The van der Waals surface area contributed by atoms with Crippen LogP contribution in [-0.2, 0) is 6.42 Å². The summed E-state index contributed by atoms with van der Waals surface area (Å²) in [5, 5.41) is 3.92. The highest BCUT2D eigenvalue weighted by Gasteiger charge is 2.33. The molecule has 0 spiro atoms. The molecule has 1 aromatic heterocycles. The second kappa shape index (κ2) is 4.09. The van der Waals surface area contributed by atoms with Crippen LogP contribution in [0, 0.1) is 5.92 Å². The summed E-state index contributed by atoms with van der Waals surface area (Å²) in [6, 6.07) is -0.0297. The van der Waals surface area contributed by atoms with E-state index in [0.717, 1.165) is 25.1 Å². The van der Waals surface area contributed by atoms with Crippen LogP contribution in [0.3, 0.4) is 0 Å². The predicted octanol–water partition coefficient (Wildman–Crippen LogP) is 1.82. The summed E-state index contributed by atoms with van der Waals surface area (Å²) in [6.45, 7) is 2.15. The zero-order chi connectivity index (χ0) is 9.97. The quantitative estimate of drug-likeness (QED) is 0.778. The van der Waals surface area contributed by atoms with Gasteiger partial charge >= 0.3 is 0 Å². The van der Waals surface area contributed by atoms with E-state index in [2.05, 4.69) is 17.1 Å². The van der Waals surface area contributed by atoms with E-state index in [-0.39, 0.29) is 6.04 Å². The molecule has 1 atom stereocenters. The summed E-state index contributed by atoms with van der Waals surface area (Å²) >= 11 is 0. The lowest BCUT2D eigenvalue weighted by molar-refractivity contribution is 0.339. The number of hydrogen-bond donors (Lipinski definition) is 1. The fourth-order valence-corrected chi connectivity index (χ4v) is 1.50. The SMILES string of the molecule is CCCCc1noc(C(N)C2CC2)n1. The van der Waals surface area contributed by atoms with Gasteiger partial charge in [0, 0.05) is 6.42 Å². The molecule has 1 aromatic rings. The first kappa shape index (κ1) is 9.65. The zero-order valence-corrected chi connectivity index (χ0v) is 8.57. The molecule has 78 valence electrons. The minimum absolute atomic E-state index is 0.0297. The molecule has 2 N–H and O–H groups in total. The van der Waals surface area contributed by atoms with E-state index in [4.69, 9.17) is 10.3 Å². The van der Waals surface area contributed by atoms with E-state index >= 15 is 0 Å². The highest BCUT2D eigenvalue weighted by molar-refractivity contribution is 4.98. The van der Waals surface area contributed by atoms with E-state index in [1.807, 2.05) is 0 Å². The minimum atomic E-state index is -0.0297. The van der Waals surface area contributed by atoms with Crippen molar-refractivity contribution < 1.29 is 4.52 Å². The first-order valence-corrected chi connectivity index (χ1v) is 5.39. The number of rotatable bonds is 5. The van der Waals surface area contributed by atoms with Crippen LogP contribution in [-0.4, -0.2) is 10.1 Å². The Kier molecular flexibility index (Phi) is 2.82. The largest absolute Gasteiger partial charge is 0.338 e. The smallest absolute Gasteiger partial charge is 0.243 e. The van der Waals surface area contributed by atoms with Gasteiger partial charge in [-0.3, -0.25) is 0 Å². The molecule has 0 bridgehead atoms. The molecule has 1 saturated carbocycles. The highest BCUT2D eigenvalue weighted by Crippen LogP contribution is 2.38. The molecule has 14 heavy (non-hydrogen) atoms. The monoisotopic (exact) mass is 195 g/mol. The molecule has 1 heterocycles. The maximum absolute atomic E-state index is 5.95. The van der Waals surface area contributed by atoms with Crippen LogP contribution in [0.4, 0.5) is 0 Å². The first-order valence-electron chi connectivity index (χ1n) is 5.39. The molecule has 0 aliphatic heterocycles. The van der Waals surface area contributed by atoms with Crippen molar-refractivity contribution in [2.75, 3.05) is 0 Å². The van der Waals surface area contributed by atoms with Crippen molar-refractivity contribution in [2.24, 2.45) is 11.7 Å². The lowest BCUT2D eigenvalue weighted by Gasteiger charge is -2.01. The Labute approximate surface area is 83.9 Å². The Morgan fingerprint density at radius 2 is 2.36 bits per heavy atom. The second-order valence-corrected chi connectivity index (χ2v) is 4.02. The number of nitrogens with two attached hydrogens (primary N) is 1. The number of nitrogens with zero attached hydrogens (tertiary/aromatic N) is 2. The second-order valence-electron chi connectivity index (χ2n) is 4.02. The number of unbranched alkanes of at least 4 members (excludes halogenated alkanes) is 1. The Morgan fingerprint density at radius 3 is 3.00 bits per heavy atom. The molecular weight excluding hydrogens is 178 g/mol. The van der Waals surface area contributed by atoms with Crippen LogP contribution < -0.4 is 5.73 Å². The van der Waals surface area contributed by atoms with Crippen LogP contribution in [0.1, 0.15) is 50.4 Å². The first-order chi connectivity index (χ1) is 6.81. The van der Waals surface area contributed by atoms with Crippen LogP contribution >= 0.6 is 0 Å². The number of aryl methyl sites for hydroxylation is 1. The average molecular weight is 195 g/mol. The molecule has 1 fully saturated rings. The lowest BCUT2D eigenvalue weighted by atomic mass is 10.2. The van der Waals surface area contributed by atoms with Crippen molar-refractivity contribution in [3.8, 4) is 0 Å². The lowest BCUT2D eigenvalue weighted by Crippen LogP contribution is -2.12. The van der Waals surface area contributed by atoms with Gasteiger partial charge in [-0.1, -0.05) is 18.5 Å². The maximum atomic E-state index is 5.95. The predicted molar refractivity (Wildman–Crippen MR) is 52.6 cm³/mol. The van der Waals surface area contributed by atoms with Gasteiger partial charge in [0.25, 0.3) is 0 Å². The molecule has 0 radical (unpaired) electrons. The van der Waals surface area contributed by atoms with Crippen molar-refractivity contribution in [3.63, 3.8) is 0 Å². The summed E-state index contributed by atoms with van der Waals surface area (Å²) in [7, 11) is 0. The third-order valence-electron chi connectivity index (χ3n) is 2.65. The van der Waals surface area contributed by atoms with Crippen molar-refractivity contribution in [3.05, 3.63) is 11.7 Å². The van der Waals surface area contributed by atoms with Crippen molar-refractivity contribution >= 4 is 0 Å². The van der Waals surface area contributed by atoms with E-state index in [0.29, 0.717) is 11.8 Å². The van der Waals surface area contributed by atoms with Gasteiger partial charge < -0.3 is 10.3 Å². The summed E-state index contributed by atoms with van der Waals surface area (Å²) in [5.74, 6) is 2.01. The Hall–Kier alpha value is -0.900. The molecule has 0 aromatic carbocycles. The number of aromatic nitrogens is 2.